The fourth-order valence-corrected chi connectivity index (χ4v) is 3.33. The van der Waals surface area contributed by atoms with E-state index >= 15 is 0 Å². The highest BCUT2D eigenvalue weighted by atomic mass is 16.5. The van der Waals surface area contributed by atoms with Gasteiger partial charge < -0.3 is 18.6 Å². The highest BCUT2D eigenvalue weighted by Gasteiger charge is 2.23. The molecule has 0 aliphatic heterocycles. The molecular weight excluding hydrogens is 332 g/mol. The van der Waals surface area contributed by atoms with Gasteiger partial charge in [-0.05, 0) is 50.6 Å². The molecule has 0 aliphatic carbocycles. The molecule has 0 aliphatic rings. The molecule has 0 radical (unpaired) electrons. The number of carbonyl (C=O) groups is 1. The molecule has 0 fully saturated rings. The van der Waals surface area contributed by atoms with E-state index in [0.717, 1.165) is 22.3 Å². The first kappa shape index (κ1) is 17.9. The molecule has 3 rings (SSSR count). The Bertz CT molecular complexity index is 998. The number of hydrogen-bond donors (Lipinski definition) is 0. The summed E-state index contributed by atoms with van der Waals surface area (Å²) in [6.07, 6.45) is 0. The molecule has 5 nitrogen and oxygen atoms in total. The van der Waals surface area contributed by atoms with Crippen molar-refractivity contribution in [3.8, 4) is 17.2 Å². The molecule has 0 unspecified atom stereocenters. The first-order valence-corrected chi connectivity index (χ1v) is 8.26. The minimum absolute atomic E-state index is 0.116. The van der Waals surface area contributed by atoms with Gasteiger partial charge in [0.05, 0.1) is 26.9 Å². The topological polar surface area (TPSA) is 57.9 Å². The van der Waals surface area contributed by atoms with Gasteiger partial charge in [0.2, 0.25) is 0 Å². The summed E-state index contributed by atoms with van der Waals surface area (Å²) in [5.41, 5.74) is 3.45. The maximum Gasteiger partial charge on any atom is 0.197 e. The quantitative estimate of drug-likeness (QED) is 0.626. The maximum absolute atomic E-state index is 13.2. The van der Waals surface area contributed by atoms with Gasteiger partial charge in [-0.25, -0.2) is 0 Å². The number of aryl methyl sites for hydroxylation is 3. The highest BCUT2D eigenvalue weighted by Crippen LogP contribution is 2.36. The van der Waals surface area contributed by atoms with E-state index in [-0.39, 0.29) is 5.78 Å². The van der Waals surface area contributed by atoms with Crippen LogP contribution in [0.25, 0.3) is 11.0 Å². The zero-order chi connectivity index (χ0) is 19.0. The Morgan fingerprint density at radius 1 is 0.923 bits per heavy atom. The third kappa shape index (κ3) is 2.69. The lowest BCUT2D eigenvalue weighted by Gasteiger charge is -2.12. The van der Waals surface area contributed by atoms with Gasteiger partial charge in [-0.3, -0.25) is 4.79 Å². The molecule has 0 spiro atoms. The van der Waals surface area contributed by atoms with E-state index in [2.05, 4.69) is 0 Å². The molecule has 0 atom stereocenters. The Hall–Kier alpha value is -2.95. The Morgan fingerprint density at radius 2 is 1.62 bits per heavy atom. The number of ketones is 1. The van der Waals surface area contributed by atoms with Crippen LogP contribution in [0, 0.1) is 20.8 Å². The van der Waals surface area contributed by atoms with Crippen LogP contribution >= 0.6 is 0 Å². The molecular formula is C21H22O5. The maximum atomic E-state index is 13.2. The van der Waals surface area contributed by atoms with Crippen molar-refractivity contribution in [2.45, 2.75) is 20.8 Å². The first-order valence-electron chi connectivity index (χ1n) is 8.26. The van der Waals surface area contributed by atoms with Crippen LogP contribution in [-0.2, 0) is 0 Å². The number of fused-ring (bicyclic) bond motifs is 1. The van der Waals surface area contributed by atoms with Gasteiger partial charge >= 0.3 is 0 Å². The fraction of sp³-hybridized carbons (Fsp3) is 0.286. The number of methoxy groups -OCH3 is 3. The fourth-order valence-electron chi connectivity index (χ4n) is 3.33. The Balaban J connectivity index is 2.19. The van der Waals surface area contributed by atoms with Crippen LogP contribution in [0.3, 0.4) is 0 Å². The molecule has 2 aromatic carbocycles. The van der Waals surface area contributed by atoms with Crippen LogP contribution < -0.4 is 14.2 Å². The van der Waals surface area contributed by atoms with Gasteiger partial charge in [0.15, 0.2) is 17.3 Å². The molecule has 0 bridgehead atoms. The third-order valence-corrected chi connectivity index (χ3v) is 4.61. The largest absolute Gasteiger partial charge is 0.496 e. The van der Waals surface area contributed by atoms with Gasteiger partial charge in [0.25, 0.3) is 0 Å². The Morgan fingerprint density at radius 3 is 2.23 bits per heavy atom. The summed E-state index contributed by atoms with van der Waals surface area (Å²) in [6.45, 7) is 5.60. The standard InChI is InChI=1S/C21H22O5/c1-11-9-14(10-17(24-5)20(11)25-6)19(22)18-13(3)26-21-12(2)16(23-4)8-7-15(18)21/h7-10H,1-6H3. The first-order chi connectivity index (χ1) is 12.4. The average Bonchev–Trinajstić information content (AvgIpc) is 2.97. The molecule has 0 N–H and O–H groups in total. The second kappa shape index (κ2) is 6.75. The van der Waals surface area contributed by atoms with Crippen LogP contribution in [0.15, 0.2) is 28.7 Å². The van der Waals surface area contributed by atoms with Crippen LogP contribution in [0.5, 0.6) is 17.2 Å². The van der Waals surface area contributed by atoms with Crippen molar-refractivity contribution >= 4 is 16.8 Å². The molecule has 0 saturated carbocycles. The van der Waals surface area contributed by atoms with Crippen LogP contribution in [0.1, 0.15) is 32.8 Å². The second-order valence-electron chi connectivity index (χ2n) is 6.16. The van der Waals surface area contributed by atoms with E-state index in [1.54, 1.807) is 40.4 Å². The predicted molar refractivity (Wildman–Crippen MR) is 100.0 cm³/mol. The SMILES string of the molecule is COc1cc(C(=O)c2c(C)oc3c(C)c(OC)ccc23)cc(C)c1OC. The number of ether oxygens (including phenoxy) is 3. The lowest BCUT2D eigenvalue weighted by Crippen LogP contribution is -2.05. The summed E-state index contributed by atoms with van der Waals surface area (Å²) in [5, 5.41) is 0.776. The van der Waals surface area contributed by atoms with Crippen LogP contribution in [-0.4, -0.2) is 27.1 Å². The summed E-state index contributed by atoms with van der Waals surface area (Å²) >= 11 is 0. The van der Waals surface area contributed by atoms with E-state index in [4.69, 9.17) is 18.6 Å². The van der Waals surface area contributed by atoms with E-state index in [1.165, 1.54) is 0 Å². The number of hydrogen-bond acceptors (Lipinski definition) is 5. The molecule has 136 valence electrons. The number of benzene rings is 2. The van der Waals surface area contributed by atoms with Gasteiger partial charge in [0.1, 0.15) is 17.1 Å². The smallest absolute Gasteiger partial charge is 0.197 e. The average molecular weight is 354 g/mol. The minimum Gasteiger partial charge on any atom is -0.496 e. The number of rotatable bonds is 5. The lowest BCUT2D eigenvalue weighted by molar-refractivity contribution is 0.103. The van der Waals surface area contributed by atoms with Crippen molar-refractivity contribution in [2.75, 3.05) is 21.3 Å². The van der Waals surface area contributed by atoms with Crippen molar-refractivity contribution in [1.29, 1.82) is 0 Å². The molecule has 5 heteroatoms. The van der Waals surface area contributed by atoms with E-state index in [0.29, 0.717) is 34.0 Å². The molecule has 1 heterocycles. The zero-order valence-corrected chi connectivity index (χ0v) is 15.9. The molecule has 0 amide bonds. The van der Waals surface area contributed by atoms with Gasteiger partial charge in [0, 0.05) is 16.5 Å². The van der Waals surface area contributed by atoms with E-state index in [1.807, 2.05) is 26.0 Å². The van der Waals surface area contributed by atoms with Gasteiger partial charge in [-0.2, -0.15) is 0 Å². The number of carbonyl (C=O) groups excluding carboxylic acids is 1. The van der Waals surface area contributed by atoms with Gasteiger partial charge in [-0.1, -0.05) is 0 Å². The van der Waals surface area contributed by atoms with Crippen LogP contribution in [0.4, 0.5) is 0 Å². The molecule has 26 heavy (non-hydrogen) atoms. The summed E-state index contributed by atoms with van der Waals surface area (Å²) < 4.78 is 22.0. The molecule has 3 aromatic rings. The molecule has 0 saturated heterocycles. The third-order valence-electron chi connectivity index (χ3n) is 4.61. The summed E-state index contributed by atoms with van der Waals surface area (Å²) in [7, 11) is 4.75. The van der Waals surface area contributed by atoms with Crippen molar-refractivity contribution in [3.63, 3.8) is 0 Å². The monoisotopic (exact) mass is 354 g/mol. The van der Waals surface area contributed by atoms with E-state index in [9.17, 15) is 4.79 Å². The van der Waals surface area contributed by atoms with E-state index < -0.39 is 0 Å². The summed E-state index contributed by atoms with van der Waals surface area (Å²) in [5.74, 6) is 2.34. The Kier molecular flexibility index (Phi) is 4.64. The highest BCUT2D eigenvalue weighted by molar-refractivity contribution is 6.17. The van der Waals surface area contributed by atoms with Crippen molar-refractivity contribution in [1.82, 2.24) is 0 Å². The lowest BCUT2D eigenvalue weighted by atomic mass is 9.97. The number of furan rings is 1. The minimum atomic E-state index is -0.116. The summed E-state index contributed by atoms with van der Waals surface area (Å²) in [6, 6.07) is 7.21. The van der Waals surface area contributed by atoms with Gasteiger partial charge in [-0.15, -0.1) is 0 Å². The summed E-state index contributed by atoms with van der Waals surface area (Å²) in [4.78, 5) is 13.2. The van der Waals surface area contributed by atoms with Crippen molar-refractivity contribution < 1.29 is 23.4 Å². The van der Waals surface area contributed by atoms with Crippen molar-refractivity contribution in [3.05, 3.63) is 52.3 Å². The zero-order valence-electron chi connectivity index (χ0n) is 15.9. The van der Waals surface area contributed by atoms with Crippen molar-refractivity contribution in [2.24, 2.45) is 0 Å². The second-order valence-corrected chi connectivity index (χ2v) is 6.16. The predicted octanol–water partition coefficient (Wildman–Crippen LogP) is 4.61. The molecule has 1 aromatic heterocycles. The van der Waals surface area contributed by atoms with Crippen LogP contribution in [0.2, 0.25) is 0 Å². The normalized spacial score (nSPS) is 10.8. The Labute approximate surface area is 152 Å².